The van der Waals surface area contributed by atoms with Crippen LogP contribution < -0.4 is 38.9 Å². The zero-order valence-corrected chi connectivity index (χ0v) is 21.1. The van der Waals surface area contributed by atoms with E-state index in [2.05, 4.69) is 20.9 Å². The Labute approximate surface area is 222 Å². The number of nitrogens with one attached hydrogen (secondary N) is 3. The van der Waals surface area contributed by atoms with E-state index in [1.165, 1.54) is 0 Å². The minimum Gasteiger partial charge on any atom is -0.481 e. The van der Waals surface area contributed by atoms with Gasteiger partial charge in [-0.2, -0.15) is 0 Å². The number of amides is 4. The number of carboxylic acids is 3. The summed E-state index contributed by atoms with van der Waals surface area (Å²) in [6, 6.07) is -5.68. The van der Waals surface area contributed by atoms with Gasteiger partial charge in [0.05, 0.1) is 6.04 Å². The van der Waals surface area contributed by atoms with E-state index in [1.807, 2.05) is 0 Å². The van der Waals surface area contributed by atoms with Gasteiger partial charge in [-0.3, -0.25) is 33.8 Å². The summed E-state index contributed by atoms with van der Waals surface area (Å²) in [6.45, 7) is 0.0719. The number of primary amides is 1. The number of carboxylic acid groups (broad SMARTS) is 3. The summed E-state index contributed by atoms with van der Waals surface area (Å²) in [6.07, 6.45) is -2.25. The van der Waals surface area contributed by atoms with Gasteiger partial charge >= 0.3 is 17.9 Å². The Hall–Kier alpha value is -4.48. The Bertz CT molecular complexity index is 938. The van der Waals surface area contributed by atoms with Crippen molar-refractivity contribution in [1.29, 1.82) is 0 Å². The molecule has 0 rings (SSSR count). The Morgan fingerprint density at radius 3 is 1.59 bits per heavy atom. The number of aliphatic carboxylic acids is 3. The van der Waals surface area contributed by atoms with Gasteiger partial charge in [0, 0.05) is 25.8 Å². The van der Waals surface area contributed by atoms with Gasteiger partial charge in [0.2, 0.25) is 23.6 Å². The average Bonchev–Trinajstić information content (AvgIpc) is 2.83. The van der Waals surface area contributed by atoms with E-state index in [-0.39, 0.29) is 44.6 Å². The van der Waals surface area contributed by atoms with Gasteiger partial charge in [-0.15, -0.1) is 0 Å². The van der Waals surface area contributed by atoms with Crippen LogP contribution in [0.4, 0.5) is 0 Å². The second kappa shape index (κ2) is 17.9. The first kappa shape index (κ1) is 34.5. The van der Waals surface area contributed by atoms with E-state index in [0.717, 1.165) is 0 Å². The van der Waals surface area contributed by atoms with Crippen LogP contribution in [0, 0.1) is 0 Å². The lowest BCUT2D eigenvalue weighted by Crippen LogP contribution is -2.57. The predicted octanol–water partition coefficient (Wildman–Crippen LogP) is -4.10. The lowest BCUT2D eigenvalue weighted by molar-refractivity contribution is -0.143. The van der Waals surface area contributed by atoms with Gasteiger partial charge in [-0.1, -0.05) is 0 Å². The van der Waals surface area contributed by atoms with Crippen molar-refractivity contribution >= 4 is 47.5 Å². The molecule has 0 bridgehead atoms. The number of aliphatic imine (C=N–C) groups is 1. The first-order chi connectivity index (χ1) is 18.1. The smallest absolute Gasteiger partial charge is 0.326 e. The third-order valence-electron chi connectivity index (χ3n) is 5.16. The van der Waals surface area contributed by atoms with Crippen molar-refractivity contribution in [2.75, 3.05) is 6.54 Å². The minimum atomic E-state index is -1.61. The molecule has 0 aromatic carbocycles. The maximum absolute atomic E-state index is 13.1. The standard InChI is InChI=1S/C21H36N8O10/c22-10(3-7-15(31)32)17(35)27-11(2-1-9-26-21(24)25)18(36)28-12(4-6-14(23)30)19(37)29-13(20(38)39)5-8-16(33)34/h10-13H,1-9,22H2,(H2,23,30)(H,27,35)(H,28,36)(H,29,37)(H,31,32)(H,33,34)(H,38,39)(H4,24,25,26). The van der Waals surface area contributed by atoms with E-state index in [4.69, 9.17) is 33.1 Å². The Morgan fingerprint density at radius 2 is 1.10 bits per heavy atom. The molecule has 0 heterocycles. The highest BCUT2D eigenvalue weighted by Gasteiger charge is 2.30. The van der Waals surface area contributed by atoms with Gasteiger partial charge in [-0.25, -0.2) is 4.79 Å². The minimum absolute atomic E-state index is 0.0550. The molecule has 220 valence electrons. The van der Waals surface area contributed by atoms with Crippen LogP contribution in [0.2, 0.25) is 0 Å². The molecular weight excluding hydrogens is 524 g/mol. The molecule has 18 nitrogen and oxygen atoms in total. The Morgan fingerprint density at radius 1 is 0.641 bits per heavy atom. The number of rotatable bonds is 20. The quantitative estimate of drug-likeness (QED) is 0.0385. The van der Waals surface area contributed by atoms with E-state index in [0.29, 0.717) is 0 Å². The van der Waals surface area contributed by atoms with Crippen LogP contribution >= 0.6 is 0 Å². The maximum Gasteiger partial charge on any atom is 0.326 e. The monoisotopic (exact) mass is 560 g/mol. The molecule has 0 radical (unpaired) electrons. The summed E-state index contributed by atoms with van der Waals surface area (Å²) in [5.74, 6) is -7.84. The number of nitrogens with two attached hydrogens (primary N) is 4. The molecule has 0 saturated heterocycles. The molecular formula is C21H36N8O10. The average molecular weight is 561 g/mol. The molecule has 0 aromatic heterocycles. The highest BCUT2D eigenvalue weighted by atomic mass is 16.4. The summed E-state index contributed by atoms with van der Waals surface area (Å²) in [5, 5.41) is 33.7. The largest absolute Gasteiger partial charge is 0.481 e. The number of hydrogen-bond acceptors (Lipinski definition) is 9. The van der Waals surface area contributed by atoms with Crippen LogP contribution in [0.25, 0.3) is 0 Å². The lowest BCUT2D eigenvalue weighted by Gasteiger charge is -2.25. The van der Waals surface area contributed by atoms with E-state index in [9.17, 15) is 38.7 Å². The van der Waals surface area contributed by atoms with Crippen LogP contribution in [-0.4, -0.2) is 93.5 Å². The first-order valence-electron chi connectivity index (χ1n) is 11.8. The fourth-order valence-corrected chi connectivity index (χ4v) is 3.09. The van der Waals surface area contributed by atoms with Crippen molar-refractivity contribution in [2.24, 2.45) is 27.9 Å². The molecule has 0 aliphatic heterocycles. The summed E-state index contributed by atoms with van der Waals surface area (Å²) in [4.78, 5) is 86.3. The molecule has 0 spiro atoms. The third kappa shape index (κ3) is 16.1. The van der Waals surface area contributed by atoms with Crippen molar-refractivity contribution in [3.8, 4) is 0 Å². The van der Waals surface area contributed by atoms with Crippen LogP contribution in [0.5, 0.6) is 0 Å². The third-order valence-corrected chi connectivity index (χ3v) is 5.16. The molecule has 0 aromatic rings. The van der Waals surface area contributed by atoms with Crippen LogP contribution in [0.1, 0.15) is 51.4 Å². The normalized spacial score (nSPS) is 13.6. The van der Waals surface area contributed by atoms with E-state index < -0.39 is 85.0 Å². The highest BCUT2D eigenvalue weighted by molar-refractivity contribution is 5.94. The zero-order valence-electron chi connectivity index (χ0n) is 21.1. The first-order valence-corrected chi connectivity index (χ1v) is 11.8. The molecule has 0 saturated carbocycles. The Balaban J connectivity index is 5.71. The lowest BCUT2D eigenvalue weighted by atomic mass is 10.0. The second-order valence-corrected chi connectivity index (χ2v) is 8.45. The van der Waals surface area contributed by atoms with Gasteiger partial charge in [0.15, 0.2) is 5.96 Å². The topological polar surface area (TPSA) is 333 Å². The van der Waals surface area contributed by atoms with Gasteiger partial charge < -0.3 is 54.2 Å². The zero-order chi connectivity index (χ0) is 30.1. The van der Waals surface area contributed by atoms with Crippen molar-refractivity contribution in [1.82, 2.24) is 16.0 Å². The predicted molar refractivity (Wildman–Crippen MR) is 133 cm³/mol. The highest BCUT2D eigenvalue weighted by Crippen LogP contribution is 2.06. The van der Waals surface area contributed by atoms with E-state index >= 15 is 0 Å². The number of nitrogens with zero attached hydrogens (tertiary/aromatic N) is 1. The summed E-state index contributed by atoms with van der Waals surface area (Å²) >= 11 is 0. The summed E-state index contributed by atoms with van der Waals surface area (Å²) in [7, 11) is 0. The van der Waals surface area contributed by atoms with Crippen LogP contribution in [0.3, 0.4) is 0 Å². The van der Waals surface area contributed by atoms with Crippen LogP contribution in [0.15, 0.2) is 4.99 Å². The van der Waals surface area contributed by atoms with Crippen molar-refractivity contribution < 1.29 is 48.9 Å². The van der Waals surface area contributed by atoms with Gasteiger partial charge in [-0.05, 0) is 32.1 Å². The van der Waals surface area contributed by atoms with Crippen molar-refractivity contribution in [2.45, 2.75) is 75.5 Å². The fourth-order valence-electron chi connectivity index (χ4n) is 3.09. The molecule has 4 atom stereocenters. The number of carbonyl (C=O) groups excluding carboxylic acids is 4. The summed E-state index contributed by atoms with van der Waals surface area (Å²) in [5.41, 5.74) is 21.3. The molecule has 39 heavy (non-hydrogen) atoms. The summed E-state index contributed by atoms with van der Waals surface area (Å²) < 4.78 is 0. The molecule has 18 heteroatoms. The van der Waals surface area contributed by atoms with Crippen molar-refractivity contribution in [3.63, 3.8) is 0 Å². The van der Waals surface area contributed by atoms with Crippen LogP contribution in [-0.2, 0) is 33.6 Å². The maximum atomic E-state index is 13.1. The molecule has 0 aliphatic carbocycles. The van der Waals surface area contributed by atoms with Crippen molar-refractivity contribution in [3.05, 3.63) is 0 Å². The fraction of sp³-hybridized carbons (Fsp3) is 0.619. The molecule has 4 amide bonds. The van der Waals surface area contributed by atoms with Gasteiger partial charge in [0.1, 0.15) is 18.1 Å². The number of hydrogen-bond donors (Lipinski definition) is 10. The molecule has 0 aliphatic rings. The molecule has 4 unspecified atom stereocenters. The number of carbonyl (C=O) groups is 7. The molecule has 0 fully saturated rings. The van der Waals surface area contributed by atoms with Gasteiger partial charge in [0.25, 0.3) is 0 Å². The second-order valence-electron chi connectivity index (χ2n) is 8.45. The number of guanidine groups is 1. The Kier molecular flexibility index (Phi) is 15.8. The SMILES string of the molecule is NC(=O)CCC(NC(=O)C(CCCN=C(N)N)NC(=O)C(N)CCC(=O)O)C(=O)NC(CCC(=O)O)C(=O)O. The molecule has 14 N–H and O–H groups in total. The van der Waals surface area contributed by atoms with E-state index in [1.54, 1.807) is 0 Å².